The highest BCUT2D eigenvalue weighted by Crippen LogP contribution is 2.34. The van der Waals surface area contributed by atoms with Crippen molar-refractivity contribution < 1.29 is 9.59 Å². The smallest absolute Gasteiger partial charge is 0.276 e. The van der Waals surface area contributed by atoms with Crippen LogP contribution in [0.15, 0.2) is 58.8 Å². The van der Waals surface area contributed by atoms with Gasteiger partial charge in [-0.3, -0.25) is 9.59 Å². The molecule has 0 fully saturated rings. The molecule has 0 aromatic heterocycles. The highest BCUT2D eigenvalue weighted by atomic mass is 35.6. The number of hydrogen-bond donors (Lipinski definition) is 2. The summed E-state index contributed by atoms with van der Waals surface area (Å²) < 4.78 is -4.39. The van der Waals surface area contributed by atoms with Crippen LogP contribution in [0, 0.1) is 0 Å². The highest BCUT2D eigenvalue weighted by molar-refractivity contribution is 6.77. The normalized spacial score (nSPS) is 12.1. The molecule has 0 bridgehead atoms. The van der Waals surface area contributed by atoms with Crippen LogP contribution < -0.4 is 10.6 Å². The van der Waals surface area contributed by atoms with E-state index in [1.165, 1.54) is 18.2 Å². The van der Waals surface area contributed by atoms with Crippen molar-refractivity contribution in [1.82, 2.24) is 0 Å². The average molecular weight is 503 g/mol. The fraction of sp³-hybridized carbons (Fsp3) is 0.125. The first-order valence-corrected chi connectivity index (χ1v) is 9.61. The highest BCUT2D eigenvalue weighted by Gasteiger charge is 2.32. The second kappa shape index (κ2) is 9.48. The van der Waals surface area contributed by atoms with Gasteiger partial charge in [0.15, 0.2) is 0 Å². The standard InChI is InChI=1S/C16H10Cl6N4O2/c17-15(18,19)13(27)23-10-6-7-11(26-25-9-4-2-1-3-5-9)12(8-10)24-14(28)16(20,21)22/h1-8H,(H,23,27)(H,24,28). The number of rotatable bonds is 4. The summed E-state index contributed by atoms with van der Waals surface area (Å²) in [7, 11) is 0. The molecule has 0 saturated heterocycles. The van der Waals surface area contributed by atoms with Crippen molar-refractivity contribution in [2.24, 2.45) is 10.2 Å². The van der Waals surface area contributed by atoms with Gasteiger partial charge in [-0.05, 0) is 30.3 Å². The molecule has 2 N–H and O–H groups in total. The molecule has 0 aliphatic heterocycles. The number of azo groups is 1. The van der Waals surface area contributed by atoms with Gasteiger partial charge in [-0.2, -0.15) is 5.11 Å². The first-order valence-electron chi connectivity index (χ1n) is 7.34. The van der Waals surface area contributed by atoms with E-state index < -0.39 is 19.4 Å². The van der Waals surface area contributed by atoms with Crippen LogP contribution in [0.5, 0.6) is 0 Å². The third kappa shape index (κ3) is 6.95. The van der Waals surface area contributed by atoms with Crippen LogP contribution in [0.4, 0.5) is 22.7 Å². The van der Waals surface area contributed by atoms with Crippen LogP contribution in [-0.2, 0) is 9.59 Å². The summed E-state index contributed by atoms with van der Waals surface area (Å²) in [6, 6.07) is 13.2. The number of carbonyl (C=O) groups excluding carboxylic acids is 2. The van der Waals surface area contributed by atoms with Crippen molar-refractivity contribution in [2.75, 3.05) is 10.6 Å². The Labute approximate surface area is 190 Å². The quantitative estimate of drug-likeness (QED) is 0.359. The number of carbonyl (C=O) groups is 2. The fourth-order valence-electron chi connectivity index (χ4n) is 1.80. The minimum atomic E-state index is -2.22. The van der Waals surface area contributed by atoms with E-state index in [1.807, 2.05) is 6.07 Å². The second-order valence-electron chi connectivity index (χ2n) is 5.17. The summed E-state index contributed by atoms with van der Waals surface area (Å²) in [5.74, 6) is -1.83. The van der Waals surface area contributed by atoms with Gasteiger partial charge in [0, 0.05) is 5.69 Å². The zero-order chi connectivity index (χ0) is 20.9. The zero-order valence-corrected chi connectivity index (χ0v) is 18.1. The molecule has 0 heterocycles. The largest absolute Gasteiger partial charge is 0.322 e. The minimum absolute atomic E-state index is 0.109. The van der Waals surface area contributed by atoms with Crippen molar-refractivity contribution in [3.8, 4) is 0 Å². The predicted molar refractivity (Wildman–Crippen MR) is 115 cm³/mol. The van der Waals surface area contributed by atoms with E-state index >= 15 is 0 Å². The number of amides is 2. The number of hydrogen-bond acceptors (Lipinski definition) is 4. The fourth-order valence-corrected chi connectivity index (χ4v) is 2.09. The van der Waals surface area contributed by atoms with Gasteiger partial charge in [-0.15, -0.1) is 5.11 Å². The van der Waals surface area contributed by atoms with Crippen LogP contribution in [0.1, 0.15) is 0 Å². The van der Waals surface area contributed by atoms with Gasteiger partial charge in [-0.25, -0.2) is 0 Å². The van der Waals surface area contributed by atoms with Gasteiger partial charge in [0.1, 0.15) is 5.69 Å². The molecule has 0 radical (unpaired) electrons. The van der Waals surface area contributed by atoms with Crippen molar-refractivity contribution in [3.63, 3.8) is 0 Å². The summed E-state index contributed by atoms with van der Waals surface area (Å²) in [6.45, 7) is 0. The Balaban J connectivity index is 2.36. The van der Waals surface area contributed by atoms with Gasteiger partial charge < -0.3 is 10.6 Å². The molecule has 12 heteroatoms. The summed E-state index contributed by atoms with van der Waals surface area (Å²) >= 11 is 33.3. The van der Waals surface area contributed by atoms with Gasteiger partial charge in [0.2, 0.25) is 0 Å². The molecule has 0 aliphatic rings. The minimum Gasteiger partial charge on any atom is -0.322 e. The van der Waals surface area contributed by atoms with E-state index in [9.17, 15) is 9.59 Å². The molecular formula is C16H10Cl6N4O2. The molecule has 2 aromatic rings. The van der Waals surface area contributed by atoms with Crippen molar-refractivity contribution in [3.05, 3.63) is 48.5 Å². The topological polar surface area (TPSA) is 82.9 Å². The maximum absolute atomic E-state index is 12.0. The number of nitrogens with one attached hydrogen (secondary N) is 2. The number of nitrogens with zero attached hydrogens (tertiary/aromatic N) is 2. The number of anilines is 2. The molecule has 6 nitrogen and oxygen atoms in total. The lowest BCUT2D eigenvalue weighted by molar-refractivity contribution is -0.116. The van der Waals surface area contributed by atoms with E-state index in [0.717, 1.165) is 0 Å². The molecular weight excluding hydrogens is 493 g/mol. The van der Waals surface area contributed by atoms with E-state index in [1.54, 1.807) is 24.3 Å². The van der Waals surface area contributed by atoms with Gasteiger partial charge in [-0.1, -0.05) is 87.8 Å². The van der Waals surface area contributed by atoms with Crippen molar-refractivity contribution in [1.29, 1.82) is 0 Å². The van der Waals surface area contributed by atoms with Crippen LogP contribution >= 0.6 is 69.6 Å². The van der Waals surface area contributed by atoms with Crippen LogP contribution in [0.3, 0.4) is 0 Å². The average Bonchev–Trinajstić information content (AvgIpc) is 2.60. The van der Waals surface area contributed by atoms with Crippen molar-refractivity contribution >= 4 is 104 Å². The van der Waals surface area contributed by atoms with E-state index in [0.29, 0.717) is 5.69 Å². The lowest BCUT2D eigenvalue weighted by atomic mass is 10.2. The van der Waals surface area contributed by atoms with E-state index in [4.69, 9.17) is 69.6 Å². The summed E-state index contributed by atoms with van der Waals surface area (Å²) in [5, 5.41) is 12.9. The summed E-state index contributed by atoms with van der Waals surface area (Å²) in [5.41, 5.74) is 1.13. The Bertz CT molecular complexity index is 894. The molecule has 2 rings (SSSR count). The second-order valence-corrected chi connectivity index (χ2v) is 9.73. The van der Waals surface area contributed by atoms with Gasteiger partial charge >= 0.3 is 0 Å². The maximum atomic E-state index is 12.0. The number of alkyl halides is 6. The van der Waals surface area contributed by atoms with E-state index in [-0.39, 0.29) is 17.1 Å². The lowest BCUT2D eigenvalue weighted by Crippen LogP contribution is -2.28. The number of halogens is 6. The monoisotopic (exact) mass is 500 g/mol. The Hall–Kier alpha value is -1.28. The molecule has 28 heavy (non-hydrogen) atoms. The first kappa shape index (κ1) is 23.0. The molecule has 2 amide bonds. The third-order valence-electron chi connectivity index (χ3n) is 3.05. The molecule has 2 aromatic carbocycles. The predicted octanol–water partition coefficient (Wildman–Crippen LogP) is 6.72. The Morgan fingerprint density at radius 2 is 1.32 bits per heavy atom. The third-order valence-corrected chi connectivity index (χ3v) is 4.08. The van der Waals surface area contributed by atoms with Crippen LogP contribution in [0.2, 0.25) is 0 Å². The SMILES string of the molecule is O=C(Nc1ccc(N=Nc2ccccc2)c(NC(=O)C(Cl)(Cl)Cl)c1)C(Cl)(Cl)Cl. The number of benzene rings is 2. The molecule has 0 unspecified atom stereocenters. The van der Waals surface area contributed by atoms with E-state index in [2.05, 4.69) is 20.9 Å². The lowest BCUT2D eigenvalue weighted by Gasteiger charge is -2.15. The molecule has 0 atom stereocenters. The van der Waals surface area contributed by atoms with Crippen LogP contribution in [0.25, 0.3) is 0 Å². The summed E-state index contributed by atoms with van der Waals surface area (Å²) in [6.07, 6.45) is 0. The summed E-state index contributed by atoms with van der Waals surface area (Å²) in [4.78, 5) is 23.8. The zero-order valence-electron chi connectivity index (χ0n) is 13.6. The van der Waals surface area contributed by atoms with Gasteiger partial charge in [0.25, 0.3) is 19.4 Å². The van der Waals surface area contributed by atoms with Crippen molar-refractivity contribution in [2.45, 2.75) is 7.59 Å². The maximum Gasteiger partial charge on any atom is 0.276 e. The molecule has 148 valence electrons. The molecule has 0 saturated carbocycles. The Morgan fingerprint density at radius 3 is 1.89 bits per heavy atom. The first-order chi connectivity index (χ1) is 13.0. The Kier molecular flexibility index (Phi) is 7.79. The van der Waals surface area contributed by atoms with Crippen LogP contribution in [-0.4, -0.2) is 19.4 Å². The Morgan fingerprint density at radius 1 is 0.750 bits per heavy atom. The van der Waals surface area contributed by atoms with Gasteiger partial charge in [0.05, 0.1) is 11.4 Å². The molecule has 0 aliphatic carbocycles. The molecule has 0 spiro atoms.